The topological polar surface area (TPSA) is 12.4 Å². The molecule has 2 aromatic rings. The molecule has 0 unspecified atom stereocenters. The highest BCUT2D eigenvalue weighted by Crippen LogP contribution is 2.36. The fraction of sp³-hybridized carbons (Fsp3) is 0.211. The minimum absolute atomic E-state index is 0.0810. The molecular formula is C19H13F6N. The lowest BCUT2D eigenvalue weighted by atomic mass is 10.1. The normalized spacial score (nSPS) is 12.7. The summed E-state index contributed by atoms with van der Waals surface area (Å²) < 4.78 is 77.1. The Morgan fingerprint density at radius 2 is 1.38 bits per heavy atom. The van der Waals surface area contributed by atoms with E-state index < -0.39 is 24.1 Å². The third-order valence-corrected chi connectivity index (χ3v) is 3.30. The lowest BCUT2D eigenvalue weighted by Crippen LogP contribution is -2.41. The van der Waals surface area contributed by atoms with Crippen molar-refractivity contribution in [1.82, 2.24) is 0 Å². The van der Waals surface area contributed by atoms with Gasteiger partial charge < -0.3 is 0 Å². The number of benzene rings is 2. The van der Waals surface area contributed by atoms with Crippen molar-refractivity contribution >= 4 is 5.71 Å². The molecule has 0 aliphatic heterocycles. The van der Waals surface area contributed by atoms with Gasteiger partial charge in [0.05, 0.1) is 0 Å². The van der Waals surface area contributed by atoms with Gasteiger partial charge in [0.25, 0.3) is 0 Å². The summed E-state index contributed by atoms with van der Waals surface area (Å²) in [6.07, 6.45) is -11.1. The molecular weight excluding hydrogens is 356 g/mol. The first-order valence-electron chi connectivity index (χ1n) is 7.43. The lowest BCUT2D eigenvalue weighted by molar-refractivity contribution is -0.247. The van der Waals surface area contributed by atoms with E-state index in [9.17, 15) is 26.3 Å². The molecule has 2 aromatic carbocycles. The molecule has 0 saturated heterocycles. The second-order valence-electron chi connectivity index (χ2n) is 5.45. The van der Waals surface area contributed by atoms with Crippen LogP contribution >= 0.6 is 0 Å². The molecule has 0 spiro atoms. The number of nitrogens with zero attached hydrogens (tertiary/aromatic N) is 1. The maximum Gasteiger partial charge on any atom is 0.419 e. The van der Waals surface area contributed by atoms with E-state index in [1.807, 2.05) is 0 Å². The summed E-state index contributed by atoms with van der Waals surface area (Å²) in [4.78, 5) is 2.93. The molecule has 1 nitrogen and oxygen atoms in total. The van der Waals surface area contributed by atoms with Crippen LogP contribution in [0.3, 0.4) is 0 Å². The predicted octanol–water partition coefficient (Wildman–Crippen LogP) is 5.33. The van der Waals surface area contributed by atoms with Crippen molar-refractivity contribution in [3.63, 3.8) is 0 Å². The summed E-state index contributed by atoms with van der Waals surface area (Å²) in [7, 11) is 0. The summed E-state index contributed by atoms with van der Waals surface area (Å²) >= 11 is 0. The van der Waals surface area contributed by atoms with Gasteiger partial charge in [-0.05, 0) is 25.0 Å². The molecule has 0 heterocycles. The van der Waals surface area contributed by atoms with Crippen LogP contribution in [0.2, 0.25) is 0 Å². The molecule has 0 bridgehead atoms. The number of alkyl halides is 6. The molecule has 0 atom stereocenters. The van der Waals surface area contributed by atoms with Gasteiger partial charge in [0.15, 0.2) is 0 Å². The quantitative estimate of drug-likeness (QED) is 0.386. The maximum absolute atomic E-state index is 12.8. The van der Waals surface area contributed by atoms with Gasteiger partial charge in [0.1, 0.15) is 5.71 Å². The van der Waals surface area contributed by atoms with Crippen LogP contribution < -0.4 is 0 Å². The summed E-state index contributed by atoms with van der Waals surface area (Å²) in [5.41, 5.74) is 0.751. The number of halogens is 6. The van der Waals surface area contributed by atoms with E-state index in [0.717, 1.165) is 5.56 Å². The summed E-state index contributed by atoms with van der Waals surface area (Å²) in [5, 5.41) is 0. The molecule has 0 radical (unpaired) electrons. The SMILES string of the molecule is Cc1ccc(C(C#Cc2ccccc2)=NC(C(F)(F)F)C(F)(F)F)cc1. The number of aliphatic imine (C=N–C) groups is 1. The Labute approximate surface area is 146 Å². The van der Waals surface area contributed by atoms with Crippen LogP contribution in [0, 0.1) is 18.8 Å². The Kier molecular flexibility index (Phi) is 5.76. The first kappa shape index (κ1) is 19.6. The van der Waals surface area contributed by atoms with Crippen LogP contribution in [-0.2, 0) is 0 Å². The van der Waals surface area contributed by atoms with Gasteiger partial charge in [-0.1, -0.05) is 53.9 Å². The third kappa shape index (κ3) is 5.38. The minimum Gasteiger partial charge on any atom is -0.253 e. The van der Waals surface area contributed by atoms with Gasteiger partial charge in [-0.15, -0.1) is 0 Å². The number of aryl methyl sites for hydroxylation is 1. The Hall–Kier alpha value is -2.75. The predicted molar refractivity (Wildman–Crippen MR) is 86.9 cm³/mol. The molecule has 0 aliphatic rings. The molecule has 2 rings (SSSR count). The van der Waals surface area contributed by atoms with E-state index >= 15 is 0 Å². The number of rotatable bonds is 2. The monoisotopic (exact) mass is 369 g/mol. The molecule has 0 fully saturated rings. The second-order valence-corrected chi connectivity index (χ2v) is 5.45. The van der Waals surface area contributed by atoms with Crippen LogP contribution in [-0.4, -0.2) is 24.1 Å². The molecule has 0 aromatic heterocycles. The summed E-state index contributed by atoms with van der Waals surface area (Å²) in [6, 6.07) is 10.3. The van der Waals surface area contributed by atoms with E-state index in [-0.39, 0.29) is 5.56 Å². The molecule has 0 saturated carbocycles. The molecule has 26 heavy (non-hydrogen) atoms. The highest BCUT2D eigenvalue weighted by Gasteiger charge is 2.57. The molecule has 136 valence electrons. The van der Waals surface area contributed by atoms with Crippen LogP contribution in [0.25, 0.3) is 0 Å². The van der Waals surface area contributed by atoms with Crippen LogP contribution in [0.15, 0.2) is 59.6 Å². The average molecular weight is 369 g/mol. The standard InChI is InChI=1S/C19H13F6N/c1-13-7-10-15(11-8-13)16(12-9-14-5-3-2-4-6-14)26-17(18(20,21)22)19(23,24)25/h2-8,10-11,17H,1H3. The van der Waals surface area contributed by atoms with E-state index in [1.54, 1.807) is 49.4 Å². The van der Waals surface area contributed by atoms with Crippen molar-refractivity contribution in [3.8, 4) is 11.8 Å². The van der Waals surface area contributed by atoms with Gasteiger partial charge in [-0.25, -0.2) is 0 Å². The Morgan fingerprint density at radius 3 is 1.88 bits per heavy atom. The zero-order valence-corrected chi connectivity index (χ0v) is 13.5. The van der Waals surface area contributed by atoms with Crippen molar-refractivity contribution in [2.45, 2.75) is 25.3 Å². The maximum atomic E-state index is 12.8. The van der Waals surface area contributed by atoms with E-state index in [4.69, 9.17) is 0 Å². The summed E-state index contributed by atoms with van der Waals surface area (Å²) in [5.74, 6) is 4.90. The Morgan fingerprint density at radius 1 is 0.846 bits per heavy atom. The van der Waals surface area contributed by atoms with Gasteiger partial charge in [0, 0.05) is 11.1 Å². The average Bonchev–Trinajstić information content (AvgIpc) is 2.54. The Bertz CT molecular complexity index is 807. The van der Waals surface area contributed by atoms with E-state index in [0.29, 0.717) is 5.56 Å². The van der Waals surface area contributed by atoms with Crippen molar-refractivity contribution < 1.29 is 26.3 Å². The van der Waals surface area contributed by atoms with Gasteiger partial charge in [0.2, 0.25) is 6.04 Å². The molecule has 0 amide bonds. The fourth-order valence-corrected chi connectivity index (χ4v) is 2.00. The molecule has 0 aliphatic carbocycles. The van der Waals surface area contributed by atoms with Crippen molar-refractivity contribution in [2.75, 3.05) is 0 Å². The number of hydrogen-bond acceptors (Lipinski definition) is 1. The zero-order valence-electron chi connectivity index (χ0n) is 13.5. The largest absolute Gasteiger partial charge is 0.419 e. The second kappa shape index (κ2) is 7.65. The molecule has 0 N–H and O–H groups in total. The van der Waals surface area contributed by atoms with Gasteiger partial charge >= 0.3 is 12.4 Å². The van der Waals surface area contributed by atoms with Crippen molar-refractivity contribution in [3.05, 3.63) is 71.3 Å². The summed E-state index contributed by atoms with van der Waals surface area (Å²) in [6.45, 7) is 1.74. The van der Waals surface area contributed by atoms with Crippen LogP contribution in [0.4, 0.5) is 26.3 Å². The highest BCUT2D eigenvalue weighted by atomic mass is 19.4. The molecule has 7 heteroatoms. The van der Waals surface area contributed by atoms with E-state index in [2.05, 4.69) is 16.8 Å². The van der Waals surface area contributed by atoms with Crippen molar-refractivity contribution in [1.29, 1.82) is 0 Å². The Balaban J connectivity index is 2.56. The van der Waals surface area contributed by atoms with Crippen LogP contribution in [0.1, 0.15) is 16.7 Å². The number of hydrogen-bond donors (Lipinski definition) is 0. The third-order valence-electron chi connectivity index (χ3n) is 3.30. The zero-order chi connectivity index (χ0) is 19.4. The lowest BCUT2D eigenvalue weighted by Gasteiger charge is -2.19. The first-order valence-corrected chi connectivity index (χ1v) is 7.43. The fourth-order valence-electron chi connectivity index (χ4n) is 2.00. The minimum atomic E-state index is -5.57. The first-order chi connectivity index (χ1) is 12.1. The van der Waals surface area contributed by atoms with Gasteiger partial charge in [-0.3, -0.25) is 4.99 Å². The highest BCUT2D eigenvalue weighted by molar-refractivity contribution is 6.13. The van der Waals surface area contributed by atoms with E-state index in [1.165, 1.54) is 12.1 Å². The smallest absolute Gasteiger partial charge is 0.253 e. The van der Waals surface area contributed by atoms with Crippen molar-refractivity contribution in [2.24, 2.45) is 4.99 Å². The van der Waals surface area contributed by atoms with Gasteiger partial charge in [-0.2, -0.15) is 26.3 Å². The van der Waals surface area contributed by atoms with Crippen LogP contribution in [0.5, 0.6) is 0 Å².